The Morgan fingerprint density at radius 1 is 1.04 bits per heavy atom. The molecular formula is C17H20O10. The van der Waals surface area contributed by atoms with Crippen LogP contribution in [0.4, 0.5) is 0 Å². The predicted molar refractivity (Wildman–Crippen MR) is 90.0 cm³/mol. The second-order valence-corrected chi connectivity index (χ2v) is 5.92. The lowest BCUT2D eigenvalue weighted by Crippen LogP contribution is -2.60. The Morgan fingerprint density at radius 2 is 1.78 bits per heavy atom. The quantitative estimate of drug-likeness (QED) is 0.473. The molecule has 3 rings (SSSR count). The molecule has 0 unspecified atom stereocenters. The van der Waals surface area contributed by atoms with Gasteiger partial charge in [-0.1, -0.05) is 0 Å². The standard InChI is InChI=1S/C17H20O10/c1-23-9-5-8-7(3-4-11(19)25-8)15(24-2)16(9)27-17-14(22)13(21)12(20)10(6-18)26-17/h3-5,10,12-14,17-18,20-22H,6H2,1-2H3/t10-,12-,13+,14-,17-/m1/s1. The minimum Gasteiger partial charge on any atom is -0.493 e. The Hall–Kier alpha value is -2.37. The molecule has 0 amide bonds. The van der Waals surface area contributed by atoms with Gasteiger partial charge in [-0.15, -0.1) is 0 Å². The summed E-state index contributed by atoms with van der Waals surface area (Å²) in [6.07, 6.45) is -7.29. The average molecular weight is 384 g/mol. The summed E-state index contributed by atoms with van der Waals surface area (Å²) in [6, 6.07) is 4.08. The van der Waals surface area contributed by atoms with Gasteiger partial charge in [-0.2, -0.15) is 0 Å². The number of hydrogen-bond donors (Lipinski definition) is 4. The third-order valence-corrected chi connectivity index (χ3v) is 4.31. The van der Waals surface area contributed by atoms with Crippen LogP contribution in [0.15, 0.2) is 27.4 Å². The molecule has 10 heteroatoms. The summed E-state index contributed by atoms with van der Waals surface area (Å²) in [5.41, 5.74) is -0.369. The summed E-state index contributed by atoms with van der Waals surface area (Å²) in [5.74, 6) is 0.279. The van der Waals surface area contributed by atoms with Gasteiger partial charge in [0.15, 0.2) is 11.5 Å². The molecule has 1 aromatic carbocycles. The molecule has 0 aliphatic carbocycles. The molecule has 5 atom stereocenters. The molecule has 1 aliphatic heterocycles. The SMILES string of the molecule is COc1cc2oc(=O)ccc2c(OC)c1O[C@H]1O[C@H](CO)[C@@H](O)[C@H](O)[C@H]1O. The molecule has 27 heavy (non-hydrogen) atoms. The fraction of sp³-hybridized carbons (Fsp3) is 0.471. The second kappa shape index (κ2) is 7.71. The zero-order valence-electron chi connectivity index (χ0n) is 14.6. The van der Waals surface area contributed by atoms with Gasteiger partial charge >= 0.3 is 5.63 Å². The van der Waals surface area contributed by atoms with Crippen molar-refractivity contribution >= 4 is 11.0 Å². The normalized spacial score (nSPS) is 28.1. The Morgan fingerprint density at radius 3 is 2.41 bits per heavy atom. The van der Waals surface area contributed by atoms with Gasteiger partial charge in [-0.05, 0) is 6.07 Å². The second-order valence-electron chi connectivity index (χ2n) is 5.92. The molecule has 4 N–H and O–H groups in total. The van der Waals surface area contributed by atoms with E-state index in [2.05, 4.69) is 0 Å². The van der Waals surface area contributed by atoms with Gasteiger partial charge in [0.2, 0.25) is 12.0 Å². The van der Waals surface area contributed by atoms with Crippen molar-refractivity contribution in [1.82, 2.24) is 0 Å². The molecule has 2 aromatic rings. The fourth-order valence-corrected chi connectivity index (χ4v) is 2.89. The van der Waals surface area contributed by atoms with Crippen molar-refractivity contribution in [3.8, 4) is 17.2 Å². The van der Waals surface area contributed by atoms with Crippen LogP contribution in [0.2, 0.25) is 0 Å². The molecule has 1 aliphatic rings. The van der Waals surface area contributed by atoms with Crippen LogP contribution in [-0.4, -0.2) is 72.0 Å². The Kier molecular flexibility index (Phi) is 5.53. The first-order chi connectivity index (χ1) is 12.9. The van der Waals surface area contributed by atoms with Crippen LogP contribution in [-0.2, 0) is 4.74 Å². The van der Waals surface area contributed by atoms with Crippen LogP contribution in [0.25, 0.3) is 11.0 Å². The van der Waals surface area contributed by atoms with E-state index in [1.165, 1.54) is 32.4 Å². The predicted octanol–water partition coefficient (Wildman–Crippen LogP) is -1.01. The first-order valence-electron chi connectivity index (χ1n) is 8.07. The van der Waals surface area contributed by atoms with Gasteiger partial charge in [0.25, 0.3) is 0 Å². The van der Waals surface area contributed by atoms with E-state index in [1.807, 2.05) is 0 Å². The third-order valence-electron chi connectivity index (χ3n) is 4.31. The number of methoxy groups -OCH3 is 2. The van der Waals surface area contributed by atoms with Crippen LogP contribution in [0.1, 0.15) is 0 Å². The van der Waals surface area contributed by atoms with Crippen molar-refractivity contribution in [2.45, 2.75) is 30.7 Å². The molecule has 1 saturated heterocycles. The monoisotopic (exact) mass is 384 g/mol. The van der Waals surface area contributed by atoms with Gasteiger partial charge < -0.3 is 43.8 Å². The van der Waals surface area contributed by atoms with Crippen LogP contribution in [0.5, 0.6) is 17.2 Å². The lowest BCUT2D eigenvalue weighted by Gasteiger charge is -2.39. The maximum atomic E-state index is 11.5. The van der Waals surface area contributed by atoms with Crippen LogP contribution in [0, 0.1) is 0 Å². The largest absolute Gasteiger partial charge is 0.493 e. The Bertz CT molecular complexity index is 861. The summed E-state index contributed by atoms with van der Waals surface area (Å²) in [6.45, 7) is -0.595. The summed E-state index contributed by atoms with van der Waals surface area (Å²) in [4.78, 5) is 11.5. The maximum Gasteiger partial charge on any atom is 0.336 e. The highest BCUT2D eigenvalue weighted by atomic mass is 16.7. The number of hydrogen-bond acceptors (Lipinski definition) is 10. The van der Waals surface area contributed by atoms with Gasteiger partial charge in [0.05, 0.1) is 26.2 Å². The third kappa shape index (κ3) is 3.45. The van der Waals surface area contributed by atoms with Crippen LogP contribution < -0.4 is 19.8 Å². The number of fused-ring (bicyclic) bond motifs is 1. The van der Waals surface area contributed by atoms with E-state index in [-0.39, 0.29) is 22.8 Å². The summed E-state index contributed by atoms with van der Waals surface area (Å²) in [7, 11) is 2.71. The fourth-order valence-electron chi connectivity index (χ4n) is 2.89. The van der Waals surface area contributed by atoms with Crippen molar-refractivity contribution in [3.63, 3.8) is 0 Å². The molecule has 0 bridgehead atoms. The average Bonchev–Trinajstić information content (AvgIpc) is 2.67. The molecule has 10 nitrogen and oxygen atoms in total. The molecule has 1 fully saturated rings. The first kappa shape index (κ1) is 19.4. The van der Waals surface area contributed by atoms with Crippen molar-refractivity contribution in [2.75, 3.05) is 20.8 Å². The number of aliphatic hydroxyl groups is 4. The van der Waals surface area contributed by atoms with Crippen molar-refractivity contribution in [2.24, 2.45) is 0 Å². The molecule has 0 spiro atoms. The zero-order chi connectivity index (χ0) is 19.7. The van der Waals surface area contributed by atoms with E-state index in [0.29, 0.717) is 5.39 Å². The van der Waals surface area contributed by atoms with Gasteiger partial charge in [0, 0.05) is 12.1 Å². The van der Waals surface area contributed by atoms with Gasteiger partial charge in [0.1, 0.15) is 30.0 Å². The Balaban J connectivity index is 2.05. The van der Waals surface area contributed by atoms with Crippen LogP contribution >= 0.6 is 0 Å². The highest BCUT2D eigenvalue weighted by molar-refractivity contribution is 5.89. The van der Waals surface area contributed by atoms with E-state index in [1.54, 1.807) is 0 Å². The zero-order valence-corrected chi connectivity index (χ0v) is 14.6. The highest BCUT2D eigenvalue weighted by Crippen LogP contribution is 2.44. The van der Waals surface area contributed by atoms with E-state index >= 15 is 0 Å². The van der Waals surface area contributed by atoms with E-state index < -0.39 is 42.9 Å². The van der Waals surface area contributed by atoms with E-state index in [0.717, 1.165) is 0 Å². The van der Waals surface area contributed by atoms with Crippen molar-refractivity contribution < 1.29 is 43.8 Å². The number of aliphatic hydroxyl groups excluding tert-OH is 4. The number of benzene rings is 1. The summed E-state index contributed by atoms with van der Waals surface area (Å²) in [5, 5.41) is 39.7. The Labute approximate surface area is 153 Å². The number of rotatable bonds is 5. The highest BCUT2D eigenvalue weighted by Gasteiger charge is 2.45. The lowest BCUT2D eigenvalue weighted by molar-refractivity contribution is -0.277. The molecular weight excluding hydrogens is 364 g/mol. The first-order valence-corrected chi connectivity index (χ1v) is 8.07. The molecule has 1 aromatic heterocycles. The minimum absolute atomic E-state index is 0.0191. The molecule has 0 saturated carbocycles. The molecule has 0 radical (unpaired) electrons. The molecule has 2 heterocycles. The molecule has 148 valence electrons. The van der Waals surface area contributed by atoms with Gasteiger partial charge in [-0.3, -0.25) is 0 Å². The van der Waals surface area contributed by atoms with Crippen molar-refractivity contribution in [3.05, 3.63) is 28.6 Å². The smallest absolute Gasteiger partial charge is 0.336 e. The van der Waals surface area contributed by atoms with Crippen LogP contribution in [0.3, 0.4) is 0 Å². The summed E-state index contributed by atoms with van der Waals surface area (Å²) >= 11 is 0. The number of ether oxygens (including phenoxy) is 4. The van der Waals surface area contributed by atoms with Gasteiger partial charge in [-0.25, -0.2) is 4.79 Å². The van der Waals surface area contributed by atoms with E-state index in [4.69, 9.17) is 23.4 Å². The van der Waals surface area contributed by atoms with E-state index in [9.17, 15) is 25.2 Å². The van der Waals surface area contributed by atoms with Crippen molar-refractivity contribution in [1.29, 1.82) is 0 Å². The minimum atomic E-state index is -1.61. The lowest BCUT2D eigenvalue weighted by atomic mass is 9.99. The summed E-state index contributed by atoms with van der Waals surface area (Å²) < 4.78 is 26.7. The topological polar surface area (TPSA) is 148 Å². The maximum absolute atomic E-state index is 11.5.